The molecule has 0 spiro atoms. The number of halogens is 7. The second-order valence-electron chi connectivity index (χ2n) is 6.65. The molecule has 1 aromatic carbocycles. The van der Waals surface area contributed by atoms with Crippen LogP contribution in [0.5, 0.6) is 0 Å². The van der Waals surface area contributed by atoms with Gasteiger partial charge in [-0.1, -0.05) is 0 Å². The van der Waals surface area contributed by atoms with Crippen molar-refractivity contribution in [1.29, 1.82) is 5.26 Å². The molecule has 0 aliphatic carbocycles. The Balaban J connectivity index is 1.91. The lowest BCUT2D eigenvalue weighted by Gasteiger charge is -2.16. The summed E-state index contributed by atoms with van der Waals surface area (Å²) in [4.78, 5) is 20.1. The van der Waals surface area contributed by atoms with Crippen LogP contribution in [0.25, 0.3) is 5.82 Å². The van der Waals surface area contributed by atoms with E-state index >= 15 is 0 Å². The molecule has 2 aromatic heterocycles. The van der Waals surface area contributed by atoms with E-state index in [4.69, 9.17) is 5.26 Å². The van der Waals surface area contributed by atoms with E-state index in [1.165, 1.54) is 29.9 Å². The number of pyridine rings is 1. The number of thioether (sulfide) groups is 1. The van der Waals surface area contributed by atoms with Crippen molar-refractivity contribution < 1.29 is 31.1 Å². The second kappa shape index (κ2) is 9.63. The third-order valence-corrected chi connectivity index (χ3v) is 5.20. The first-order valence-electron chi connectivity index (χ1n) is 9.04. The molecule has 2 heterocycles. The minimum Gasteiger partial charge on any atom is -0.342 e. The summed E-state index contributed by atoms with van der Waals surface area (Å²) in [6, 6.07) is 5.39. The molecule has 0 fully saturated rings. The molecule has 0 saturated heterocycles. The molecule has 0 saturated carbocycles. The zero-order valence-corrected chi connectivity index (χ0v) is 19.1. The largest absolute Gasteiger partial charge is 0.446 e. The Bertz CT molecular complexity index is 1250. The standard InChI is InChI=1S/C19H11BrF6N6OS/c1-9(15-30-17(20)31-32(15)14-3-2-10(7-27)8-28-14)29-16(33)11-4-12(18(21,22)23)6-13(5-11)34-19(24,25)26/h2-6,8-9H,1H3,(H,29,33). The Morgan fingerprint density at radius 2 is 1.91 bits per heavy atom. The van der Waals surface area contributed by atoms with Gasteiger partial charge in [0, 0.05) is 16.7 Å². The summed E-state index contributed by atoms with van der Waals surface area (Å²) in [5.41, 5.74) is -6.58. The molecule has 0 radical (unpaired) electrons. The molecule has 34 heavy (non-hydrogen) atoms. The van der Waals surface area contributed by atoms with Crippen molar-refractivity contribution in [2.45, 2.75) is 29.5 Å². The van der Waals surface area contributed by atoms with Crippen molar-refractivity contribution >= 4 is 33.6 Å². The van der Waals surface area contributed by atoms with E-state index in [9.17, 15) is 31.1 Å². The van der Waals surface area contributed by atoms with E-state index in [0.29, 0.717) is 12.1 Å². The summed E-state index contributed by atoms with van der Waals surface area (Å²) in [5, 5.41) is 15.4. The van der Waals surface area contributed by atoms with Crippen LogP contribution in [0.15, 0.2) is 46.2 Å². The molecule has 0 aliphatic heterocycles. The van der Waals surface area contributed by atoms with Gasteiger partial charge in [0.25, 0.3) is 5.91 Å². The number of carbonyl (C=O) groups is 1. The smallest absolute Gasteiger partial charge is 0.342 e. The molecule has 0 bridgehead atoms. The Hall–Kier alpha value is -3.12. The van der Waals surface area contributed by atoms with Gasteiger partial charge in [-0.3, -0.25) is 4.79 Å². The van der Waals surface area contributed by atoms with Crippen LogP contribution in [0.3, 0.4) is 0 Å². The first-order chi connectivity index (χ1) is 15.8. The number of aromatic nitrogens is 4. The molecule has 178 valence electrons. The predicted octanol–water partition coefficient (Wildman–Crippen LogP) is 5.42. The fourth-order valence-corrected chi connectivity index (χ4v) is 3.73. The van der Waals surface area contributed by atoms with Crippen LogP contribution in [0.4, 0.5) is 26.3 Å². The zero-order valence-electron chi connectivity index (χ0n) is 16.7. The Morgan fingerprint density at radius 3 is 2.47 bits per heavy atom. The Kier molecular flexibility index (Phi) is 7.22. The Labute approximate surface area is 200 Å². The average molecular weight is 565 g/mol. The van der Waals surface area contributed by atoms with Crippen molar-refractivity contribution in [3.8, 4) is 11.9 Å². The number of benzene rings is 1. The summed E-state index contributed by atoms with van der Waals surface area (Å²) in [5.74, 6) is -0.702. The van der Waals surface area contributed by atoms with Crippen LogP contribution in [0.2, 0.25) is 0 Å². The van der Waals surface area contributed by atoms with E-state index < -0.39 is 51.4 Å². The first kappa shape index (κ1) is 25.5. The molecule has 7 nitrogen and oxygen atoms in total. The molecule has 1 unspecified atom stereocenters. The molecular formula is C19H11BrF6N6OS. The van der Waals surface area contributed by atoms with Crippen molar-refractivity contribution in [2.75, 3.05) is 0 Å². The number of carbonyl (C=O) groups excluding carboxylic acids is 1. The fourth-order valence-electron chi connectivity index (χ4n) is 2.76. The van der Waals surface area contributed by atoms with Crippen molar-refractivity contribution in [2.24, 2.45) is 0 Å². The van der Waals surface area contributed by atoms with Crippen molar-refractivity contribution in [3.63, 3.8) is 0 Å². The van der Waals surface area contributed by atoms with Crippen LogP contribution >= 0.6 is 27.7 Å². The van der Waals surface area contributed by atoms with Gasteiger partial charge in [-0.05, 0) is 64.9 Å². The first-order valence-corrected chi connectivity index (χ1v) is 10.7. The second-order valence-corrected chi connectivity index (χ2v) is 8.50. The summed E-state index contributed by atoms with van der Waals surface area (Å²) in [6.45, 7) is 1.45. The third kappa shape index (κ3) is 6.26. The van der Waals surface area contributed by atoms with Gasteiger partial charge in [0.15, 0.2) is 11.6 Å². The van der Waals surface area contributed by atoms with E-state index in [0.717, 1.165) is 6.07 Å². The zero-order chi connectivity index (χ0) is 25.3. The molecule has 15 heteroatoms. The molecule has 3 rings (SSSR count). The molecule has 1 amide bonds. The topological polar surface area (TPSA) is 96.5 Å². The maximum atomic E-state index is 13.2. The van der Waals surface area contributed by atoms with Gasteiger partial charge in [-0.2, -0.15) is 36.3 Å². The highest BCUT2D eigenvalue weighted by Gasteiger charge is 2.35. The van der Waals surface area contributed by atoms with Gasteiger partial charge >= 0.3 is 11.7 Å². The van der Waals surface area contributed by atoms with Gasteiger partial charge in [-0.15, -0.1) is 5.10 Å². The lowest BCUT2D eigenvalue weighted by Crippen LogP contribution is -2.29. The van der Waals surface area contributed by atoms with Crippen LogP contribution in [-0.4, -0.2) is 31.2 Å². The summed E-state index contributed by atoms with van der Waals surface area (Å²) in [6.07, 6.45) is -3.68. The van der Waals surface area contributed by atoms with Crippen molar-refractivity contribution in [1.82, 2.24) is 25.1 Å². The lowest BCUT2D eigenvalue weighted by molar-refractivity contribution is -0.137. The molecule has 1 atom stereocenters. The number of nitrogens with one attached hydrogen (secondary N) is 1. The van der Waals surface area contributed by atoms with Crippen LogP contribution in [-0.2, 0) is 6.18 Å². The highest BCUT2D eigenvalue weighted by atomic mass is 79.9. The number of alkyl halides is 6. The molecule has 0 aliphatic rings. The highest BCUT2D eigenvalue weighted by Crippen LogP contribution is 2.40. The van der Waals surface area contributed by atoms with E-state index in [1.54, 1.807) is 0 Å². The number of nitriles is 1. The summed E-state index contributed by atoms with van der Waals surface area (Å²) < 4.78 is 79.1. The summed E-state index contributed by atoms with van der Waals surface area (Å²) in [7, 11) is 0. The Morgan fingerprint density at radius 1 is 1.21 bits per heavy atom. The third-order valence-electron chi connectivity index (χ3n) is 4.16. The molecular weight excluding hydrogens is 554 g/mol. The van der Waals surface area contributed by atoms with Crippen LogP contribution in [0.1, 0.15) is 40.3 Å². The van der Waals surface area contributed by atoms with Crippen molar-refractivity contribution in [3.05, 3.63) is 63.8 Å². The van der Waals surface area contributed by atoms with Gasteiger partial charge in [-0.25, -0.2) is 9.97 Å². The highest BCUT2D eigenvalue weighted by molar-refractivity contribution is 9.10. The SMILES string of the molecule is CC(NC(=O)c1cc(SC(F)(F)F)cc(C(F)(F)F)c1)c1nc(Br)nn1-c1ccc(C#N)cn1. The molecule has 1 N–H and O–H groups in total. The average Bonchev–Trinajstić information content (AvgIpc) is 3.13. The minimum absolute atomic E-state index is 0.109. The lowest BCUT2D eigenvalue weighted by atomic mass is 10.1. The number of hydrogen-bond acceptors (Lipinski definition) is 6. The van der Waals surface area contributed by atoms with Gasteiger partial charge in [0.1, 0.15) is 6.07 Å². The monoisotopic (exact) mass is 564 g/mol. The van der Waals surface area contributed by atoms with Gasteiger partial charge < -0.3 is 5.32 Å². The van der Waals surface area contributed by atoms with E-state index in [1.807, 2.05) is 6.07 Å². The predicted molar refractivity (Wildman–Crippen MR) is 111 cm³/mol. The van der Waals surface area contributed by atoms with Gasteiger partial charge in [0.05, 0.1) is 17.2 Å². The normalized spacial score (nSPS) is 12.8. The number of rotatable bonds is 5. The quantitative estimate of drug-likeness (QED) is 0.328. The summed E-state index contributed by atoms with van der Waals surface area (Å²) >= 11 is 2.33. The van der Waals surface area contributed by atoms with Gasteiger partial charge in [0.2, 0.25) is 4.73 Å². The van der Waals surface area contributed by atoms with Crippen LogP contribution in [0, 0.1) is 11.3 Å². The molecule has 3 aromatic rings. The number of nitrogens with zero attached hydrogens (tertiary/aromatic N) is 5. The number of amides is 1. The maximum absolute atomic E-state index is 13.2. The number of hydrogen-bond donors (Lipinski definition) is 1. The van der Waals surface area contributed by atoms with E-state index in [2.05, 4.69) is 36.3 Å². The fraction of sp³-hybridized carbons (Fsp3) is 0.211. The van der Waals surface area contributed by atoms with E-state index in [-0.39, 0.29) is 21.9 Å². The minimum atomic E-state index is -4.96. The maximum Gasteiger partial charge on any atom is 0.446 e. The van der Waals surface area contributed by atoms with Crippen LogP contribution < -0.4 is 5.32 Å².